The zero-order valence-electron chi connectivity index (χ0n) is 8.11. The molecule has 2 aliphatic carbocycles. The van der Waals surface area contributed by atoms with Gasteiger partial charge in [-0.3, -0.25) is 0 Å². The highest BCUT2D eigenvalue weighted by atomic mass is 19.4. The Labute approximate surface area is 81.8 Å². The molecule has 2 atom stereocenters. The lowest BCUT2D eigenvalue weighted by Gasteiger charge is -2.39. The van der Waals surface area contributed by atoms with Crippen molar-refractivity contribution in [3.8, 4) is 0 Å². The zero-order valence-corrected chi connectivity index (χ0v) is 8.11. The topological polar surface area (TPSA) is 26.0 Å². The van der Waals surface area contributed by atoms with Crippen LogP contribution in [-0.4, -0.2) is 11.7 Å². The van der Waals surface area contributed by atoms with E-state index >= 15 is 0 Å². The standard InChI is InChI=1S/C10H16F3N/c11-10(12,13)9(14)5-1-2-8(6-9)7-3-4-7/h7-8H,1-6,14H2. The molecule has 0 spiro atoms. The van der Waals surface area contributed by atoms with Gasteiger partial charge in [0.25, 0.3) is 0 Å². The summed E-state index contributed by atoms with van der Waals surface area (Å²) in [5, 5.41) is 0. The predicted molar refractivity (Wildman–Crippen MR) is 47.7 cm³/mol. The number of nitrogens with two attached hydrogens (primary N) is 1. The van der Waals surface area contributed by atoms with Gasteiger partial charge in [0.2, 0.25) is 0 Å². The van der Waals surface area contributed by atoms with E-state index in [1.807, 2.05) is 0 Å². The molecule has 14 heavy (non-hydrogen) atoms. The molecule has 2 N–H and O–H groups in total. The summed E-state index contributed by atoms with van der Waals surface area (Å²) in [5.74, 6) is 0.774. The van der Waals surface area contributed by atoms with E-state index in [1.165, 1.54) is 0 Å². The van der Waals surface area contributed by atoms with Gasteiger partial charge < -0.3 is 5.73 Å². The molecule has 0 saturated heterocycles. The largest absolute Gasteiger partial charge is 0.406 e. The van der Waals surface area contributed by atoms with Gasteiger partial charge in [-0.05, 0) is 37.5 Å². The van der Waals surface area contributed by atoms with Crippen molar-refractivity contribution < 1.29 is 13.2 Å². The number of halogens is 3. The van der Waals surface area contributed by atoms with Crippen LogP contribution in [0.4, 0.5) is 13.2 Å². The Morgan fingerprint density at radius 3 is 2.21 bits per heavy atom. The molecule has 82 valence electrons. The highest BCUT2D eigenvalue weighted by Crippen LogP contribution is 2.49. The van der Waals surface area contributed by atoms with Crippen LogP contribution in [0.3, 0.4) is 0 Å². The second-order valence-electron chi connectivity index (χ2n) is 4.85. The molecule has 0 bridgehead atoms. The maximum atomic E-state index is 12.7. The van der Waals surface area contributed by atoms with Crippen molar-refractivity contribution in [2.45, 2.75) is 50.2 Å². The van der Waals surface area contributed by atoms with Crippen LogP contribution in [0.25, 0.3) is 0 Å². The van der Waals surface area contributed by atoms with Crippen molar-refractivity contribution in [3.63, 3.8) is 0 Å². The van der Waals surface area contributed by atoms with Crippen LogP contribution in [0.2, 0.25) is 0 Å². The van der Waals surface area contributed by atoms with Crippen LogP contribution >= 0.6 is 0 Å². The van der Waals surface area contributed by atoms with Crippen molar-refractivity contribution in [1.82, 2.24) is 0 Å². The third-order valence-electron chi connectivity index (χ3n) is 3.68. The van der Waals surface area contributed by atoms with E-state index in [-0.39, 0.29) is 18.8 Å². The predicted octanol–water partition coefficient (Wildman–Crippen LogP) is 2.85. The lowest BCUT2D eigenvalue weighted by molar-refractivity contribution is -0.198. The van der Waals surface area contributed by atoms with E-state index < -0.39 is 11.7 Å². The fourth-order valence-corrected chi connectivity index (χ4v) is 2.58. The molecule has 2 unspecified atom stereocenters. The van der Waals surface area contributed by atoms with Gasteiger partial charge in [-0.15, -0.1) is 0 Å². The summed E-state index contributed by atoms with van der Waals surface area (Å²) in [6, 6.07) is 0. The molecule has 0 aromatic carbocycles. The van der Waals surface area contributed by atoms with E-state index in [4.69, 9.17) is 5.73 Å². The van der Waals surface area contributed by atoms with Crippen LogP contribution in [0.15, 0.2) is 0 Å². The Morgan fingerprint density at radius 1 is 1.07 bits per heavy atom. The normalized spacial score (nSPS) is 39.9. The average Bonchev–Trinajstić information content (AvgIpc) is 2.84. The first kappa shape index (κ1) is 10.3. The van der Waals surface area contributed by atoms with Crippen molar-refractivity contribution >= 4 is 0 Å². The zero-order chi connectivity index (χ0) is 10.4. The van der Waals surface area contributed by atoms with Crippen molar-refractivity contribution in [2.75, 3.05) is 0 Å². The van der Waals surface area contributed by atoms with Gasteiger partial charge in [-0.1, -0.05) is 12.8 Å². The summed E-state index contributed by atoms with van der Waals surface area (Å²) in [7, 11) is 0. The Morgan fingerprint density at radius 2 is 1.71 bits per heavy atom. The maximum absolute atomic E-state index is 12.7. The minimum absolute atomic E-state index is 0.111. The molecule has 0 heterocycles. The SMILES string of the molecule is NC1(C(F)(F)F)CCCC(C2CC2)C1. The van der Waals surface area contributed by atoms with Gasteiger partial charge in [-0.25, -0.2) is 0 Å². The summed E-state index contributed by atoms with van der Waals surface area (Å²) < 4.78 is 38.0. The number of hydrogen-bond acceptors (Lipinski definition) is 1. The van der Waals surface area contributed by atoms with Crippen LogP contribution in [-0.2, 0) is 0 Å². The molecule has 2 saturated carbocycles. The van der Waals surface area contributed by atoms with E-state index in [0.717, 1.165) is 19.3 Å². The molecule has 2 fully saturated rings. The molecule has 2 aliphatic rings. The monoisotopic (exact) mass is 207 g/mol. The first-order valence-electron chi connectivity index (χ1n) is 5.28. The summed E-state index contributed by atoms with van der Waals surface area (Å²) in [6.45, 7) is 0. The fourth-order valence-electron chi connectivity index (χ4n) is 2.58. The molecular weight excluding hydrogens is 191 g/mol. The third kappa shape index (κ3) is 1.76. The molecule has 1 nitrogen and oxygen atoms in total. The molecule has 4 heteroatoms. The second-order valence-corrected chi connectivity index (χ2v) is 4.85. The number of alkyl halides is 3. The van der Waals surface area contributed by atoms with Crippen molar-refractivity contribution in [3.05, 3.63) is 0 Å². The van der Waals surface area contributed by atoms with Gasteiger partial charge >= 0.3 is 6.18 Å². The number of rotatable bonds is 1. The van der Waals surface area contributed by atoms with Crippen LogP contribution in [0.1, 0.15) is 38.5 Å². The first-order chi connectivity index (χ1) is 6.42. The lowest BCUT2D eigenvalue weighted by atomic mass is 9.74. The van der Waals surface area contributed by atoms with Gasteiger partial charge in [-0.2, -0.15) is 13.2 Å². The van der Waals surface area contributed by atoms with E-state index in [9.17, 15) is 13.2 Å². The van der Waals surface area contributed by atoms with Crippen molar-refractivity contribution in [1.29, 1.82) is 0 Å². The number of hydrogen-bond donors (Lipinski definition) is 1. The highest BCUT2D eigenvalue weighted by Gasteiger charge is 2.55. The first-order valence-corrected chi connectivity index (χ1v) is 5.28. The molecular formula is C10H16F3N. The third-order valence-corrected chi connectivity index (χ3v) is 3.68. The Kier molecular flexibility index (Phi) is 2.29. The molecule has 0 aromatic rings. The van der Waals surface area contributed by atoms with Crippen molar-refractivity contribution in [2.24, 2.45) is 17.6 Å². The average molecular weight is 207 g/mol. The van der Waals surface area contributed by atoms with Gasteiger partial charge in [0.1, 0.15) is 5.54 Å². The van der Waals surface area contributed by atoms with Crippen LogP contribution in [0, 0.1) is 11.8 Å². The molecule has 0 aromatic heterocycles. The minimum Gasteiger partial charge on any atom is -0.318 e. The van der Waals surface area contributed by atoms with Gasteiger partial charge in [0.15, 0.2) is 0 Å². The van der Waals surface area contributed by atoms with Gasteiger partial charge in [0.05, 0.1) is 0 Å². The summed E-state index contributed by atoms with van der Waals surface area (Å²) >= 11 is 0. The summed E-state index contributed by atoms with van der Waals surface area (Å²) in [6.07, 6.45) is -0.157. The smallest absolute Gasteiger partial charge is 0.318 e. The van der Waals surface area contributed by atoms with Gasteiger partial charge in [0, 0.05) is 0 Å². The highest BCUT2D eigenvalue weighted by molar-refractivity contribution is 4.99. The van der Waals surface area contributed by atoms with E-state index in [2.05, 4.69) is 0 Å². The molecule has 0 amide bonds. The van der Waals surface area contributed by atoms with Crippen LogP contribution < -0.4 is 5.73 Å². The van der Waals surface area contributed by atoms with E-state index in [1.54, 1.807) is 0 Å². The Balaban J connectivity index is 2.04. The molecule has 0 radical (unpaired) electrons. The maximum Gasteiger partial charge on any atom is 0.406 e. The lowest BCUT2D eigenvalue weighted by Crippen LogP contribution is -2.56. The Bertz CT molecular complexity index is 222. The Hall–Kier alpha value is -0.250. The second kappa shape index (κ2) is 3.12. The van der Waals surface area contributed by atoms with Crippen LogP contribution in [0.5, 0.6) is 0 Å². The fraction of sp³-hybridized carbons (Fsp3) is 1.00. The summed E-state index contributed by atoms with van der Waals surface area (Å²) in [4.78, 5) is 0. The molecule has 0 aliphatic heterocycles. The quantitative estimate of drug-likeness (QED) is 0.703. The minimum atomic E-state index is -4.22. The summed E-state index contributed by atoms with van der Waals surface area (Å²) in [5.41, 5.74) is 3.58. The van der Waals surface area contributed by atoms with E-state index in [0.29, 0.717) is 12.3 Å². The molecule has 2 rings (SSSR count).